The number of rotatable bonds is 3. The van der Waals surface area contributed by atoms with Crippen molar-refractivity contribution in [2.75, 3.05) is 7.11 Å². The molecule has 0 amide bonds. The Morgan fingerprint density at radius 1 is 1.29 bits per heavy atom. The second-order valence-corrected chi connectivity index (χ2v) is 3.02. The van der Waals surface area contributed by atoms with Gasteiger partial charge in [-0.3, -0.25) is 4.79 Å². The van der Waals surface area contributed by atoms with Gasteiger partial charge in [-0.2, -0.15) is 0 Å². The summed E-state index contributed by atoms with van der Waals surface area (Å²) in [4.78, 5) is 10.7. The van der Waals surface area contributed by atoms with Crippen molar-refractivity contribution in [2.45, 2.75) is 20.0 Å². The first kappa shape index (κ1) is 10.6. The Morgan fingerprint density at radius 2 is 1.86 bits per heavy atom. The molecule has 0 aromatic heterocycles. The van der Waals surface area contributed by atoms with E-state index in [4.69, 9.17) is 9.47 Å². The molecule has 3 heteroatoms. The second kappa shape index (κ2) is 4.65. The highest BCUT2D eigenvalue weighted by Gasteiger charge is 2.07. The van der Waals surface area contributed by atoms with Gasteiger partial charge in [0, 0.05) is 6.92 Å². The minimum atomic E-state index is -0.270. The van der Waals surface area contributed by atoms with Gasteiger partial charge in [-0.1, -0.05) is 12.1 Å². The van der Waals surface area contributed by atoms with Crippen LogP contribution in [0.4, 0.5) is 0 Å². The van der Waals surface area contributed by atoms with Gasteiger partial charge in [0.15, 0.2) is 0 Å². The van der Waals surface area contributed by atoms with Gasteiger partial charge in [-0.05, 0) is 24.6 Å². The highest BCUT2D eigenvalue weighted by atomic mass is 16.5. The third-order valence-electron chi connectivity index (χ3n) is 1.93. The van der Waals surface area contributed by atoms with E-state index in [1.165, 1.54) is 6.92 Å². The molecule has 14 heavy (non-hydrogen) atoms. The number of ether oxygens (including phenoxy) is 2. The van der Waals surface area contributed by atoms with Gasteiger partial charge in [0.2, 0.25) is 0 Å². The summed E-state index contributed by atoms with van der Waals surface area (Å²) in [7, 11) is 1.62. The molecular formula is C11H14O3. The van der Waals surface area contributed by atoms with Crippen LogP contribution >= 0.6 is 0 Å². The van der Waals surface area contributed by atoms with Crippen LogP contribution in [0.3, 0.4) is 0 Å². The zero-order chi connectivity index (χ0) is 10.6. The zero-order valence-electron chi connectivity index (χ0n) is 8.61. The van der Waals surface area contributed by atoms with Crippen LogP contribution in [-0.4, -0.2) is 13.1 Å². The summed E-state index contributed by atoms with van der Waals surface area (Å²) in [6.45, 7) is 3.24. The van der Waals surface area contributed by atoms with Crippen molar-refractivity contribution in [3.63, 3.8) is 0 Å². The molecule has 1 aromatic carbocycles. The number of esters is 1. The van der Waals surface area contributed by atoms with Crippen molar-refractivity contribution in [2.24, 2.45) is 0 Å². The third kappa shape index (κ3) is 2.76. The fourth-order valence-corrected chi connectivity index (χ4v) is 1.19. The quantitative estimate of drug-likeness (QED) is 0.693. The van der Waals surface area contributed by atoms with E-state index in [-0.39, 0.29) is 12.1 Å². The van der Waals surface area contributed by atoms with Crippen LogP contribution in [0.1, 0.15) is 25.5 Å². The maximum Gasteiger partial charge on any atom is 0.303 e. The minimum Gasteiger partial charge on any atom is -0.497 e. The van der Waals surface area contributed by atoms with Crippen molar-refractivity contribution in [3.05, 3.63) is 29.8 Å². The largest absolute Gasteiger partial charge is 0.497 e. The number of carbonyl (C=O) groups excluding carboxylic acids is 1. The lowest BCUT2D eigenvalue weighted by Crippen LogP contribution is -2.04. The van der Waals surface area contributed by atoms with Crippen LogP contribution in [0.5, 0.6) is 5.75 Å². The summed E-state index contributed by atoms with van der Waals surface area (Å²) >= 11 is 0. The lowest BCUT2D eigenvalue weighted by Gasteiger charge is -2.12. The van der Waals surface area contributed by atoms with Gasteiger partial charge in [0.25, 0.3) is 0 Å². The fourth-order valence-electron chi connectivity index (χ4n) is 1.19. The Morgan fingerprint density at radius 3 is 2.29 bits per heavy atom. The second-order valence-electron chi connectivity index (χ2n) is 3.02. The molecule has 0 aliphatic rings. The summed E-state index contributed by atoms with van der Waals surface area (Å²) < 4.78 is 10.1. The molecule has 1 rings (SSSR count). The molecule has 0 saturated carbocycles. The maximum atomic E-state index is 10.7. The van der Waals surface area contributed by atoms with Crippen LogP contribution in [-0.2, 0) is 9.53 Å². The van der Waals surface area contributed by atoms with Crippen molar-refractivity contribution >= 4 is 5.97 Å². The average Bonchev–Trinajstić information content (AvgIpc) is 2.17. The topological polar surface area (TPSA) is 35.5 Å². The summed E-state index contributed by atoms with van der Waals surface area (Å²) in [5, 5.41) is 0. The van der Waals surface area contributed by atoms with Crippen LogP contribution in [0.25, 0.3) is 0 Å². The first-order valence-electron chi connectivity index (χ1n) is 4.44. The number of hydrogen-bond donors (Lipinski definition) is 0. The van der Waals surface area contributed by atoms with Gasteiger partial charge >= 0.3 is 5.97 Å². The Hall–Kier alpha value is -1.51. The molecule has 0 radical (unpaired) electrons. The lowest BCUT2D eigenvalue weighted by atomic mass is 10.1. The Balaban J connectivity index is 2.71. The number of benzene rings is 1. The molecule has 3 nitrogen and oxygen atoms in total. The Bertz CT molecular complexity index is 303. The zero-order valence-corrected chi connectivity index (χ0v) is 8.61. The summed E-state index contributed by atoms with van der Waals surface area (Å²) in [5.41, 5.74) is 0.959. The van der Waals surface area contributed by atoms with Gasteiger partial charge in [0.1, 0.15) is 11.9 Å². The minimum absolute atomic E-state index is 0.210. The highest BCUT2D eigenvalue weighted by molar-refractivity contribution is 5.66. The molecule has 0 saturated heterocycles. The Kier molecular flexibility index (Phi) is 3.51. The van der Waals surface area contributed by atoms with Crippen molar-refractivity contribution in [1.29, 1.82) is 0 Å². The number of hydrogen-bond acceptors (Lipinski definition) is 3. The molecule has 1 atom stereocenters. The number of carbonyl (C=O) groups is 1. The monoisotopic (exact) mass is 194 g/mol. The van der Waals surface area contributed by atoms with E-state index in [9.17, 15) is 4.79 Å². The van der Waals surface area contributed by atoms with Gasteiger partial charge in [-0.25, -0.2) is 0 Å². The molecule has 1 aromatic rings. The predicted molar refractivity (Wildman–Crippen MR) is 53.2 cm³/mol. The first-order chi connectivity index (χ1) is 6.63. The van der Waals surface area contributed by atoms with Gasteiger partial charge in [0.05, 0.1) is 7.11 Å². The fraction of sp³-hybridized carbons (Fsp3) is 0.364. The molecule has 0 fully saturated rings. The molecule has 0 aliphatic heterocycles. The molecule has 0 heterocycles. The van der Waals surface area contributed by atoms with Crippen LogP contribution in [0.15, 0.2) is 24.3 Å². The van der Waals surface area contributed by atoms with Crippen LogP contribution < -0.4 is 4.74 Å². The van der Waals surface area contributed by atoms with E-state index in [1.807, 2.05) is 31.2 Å². The van der Waals surface area contributed by atoms with E-state index >= 15 is 0 Å². The third-order valence-corrected chi connectivity index (χ3v) is 1.93. The molecule has 0 unspecified atom stereocenters. The van der Waals surface area contributed by atoms with Crippen molar-refractivity contribution in [3.8, 4) is 5.75 Å². The molecule has 0 aliphatic carbocycles. The van der Waals surface area contributed by atoms with E-state index in [1.54, 1.807) is 7.11 Å². The van der Waals surface area contributed by atoms with Crippen molar-refractivity contribution in [1.82, 2.24) is 0 Å². The van der Waals surface area contributed by atoms with Crippen LogP contribution in [0.2, 0.25) is 0 Å². The normalized spacial score (nSPS) is 11.9. The van der Waals surface area contributed by atoms with E-state index in [0.717, 1.165) is 11.3 Å². The average molecular weight is 194 g/mol. The van der Waals surface area contributed by atoms with Crippen LogP contribution in [0, 0.1) is 0 Å². The molecule has 0 N–H and O–H groups in total. The molecular weight excluding hydrogens is 180 g/mol. The van der Waals surface area contributed by atoms with Gasteiger partial charge in [-0.15, -0.1) is 0 Å². The number of methoxy groups -OCH3 is 1. The molecule has 76 valence electrons. The van der Waals surface area contributed by atoms with E-state index in [2.05, 4.69) is 0 Å². The first-order valence-corrected chi connectivity index (χ1v) is 4.44. The molecule has 0 bridgehead atoms. The Labute approximate surface area is 83.6 Å². The lowest BCUT2D eigenvalue weighted by molar-refractivity contribution is -0.145. The van der Waals surface area contributed by atoms with E-state index < -0.39 is 0 Å². The summed E-state index contributed by atoms with van der Waals surface area (Å²) in [5.74, 6) is 0.525. The summed E-state index contributed by atoms with van der Waals surface area (Å²) in [6, 6.07) is 7.45. The predicted octanol–water partition coefficient (Wildman–Crippen LogP) is 2.32. The highest BCUT2D eigenvalue weighted by Crippen LogP contribution is 2.19. The molecule has 0 spiro atoms. The maximum absolute atomic E-state index is 10.7. The van der Waals surface area contributed by atoms with Crippen molar-refractivity contribution < 1.29 is 14.3 Å². The van der Waals surface area contributed by atoms with E-state index in [0.29, 0.717) is 0 Å². The smallest absolute Gasteiger partial charge is 0.303 e. The summed E-state index contributed by atoms with van der Waals surface area (Å²) in [6.07, 6.45) is -0.210. The standard InChI is InChI=1S/C11H14O3/c1-8(14-9(2)12)10-4-6-11(13-3)7-5-10/h4-8H,1-3H3/t8-/m1/s1. The SMILES string of the molecule is COc1ccc([C@@H](C)OC(C)=O)cc1. The van der Waals surface area contributed by atoms with Gasteiger partial charge < -0.3 is 9.47 Å².